The highest BCUT2D eigenvalue weighted by Gasteiger charge is 2.24. The molecule has 2 aromatic carbocycles. The predicted octanol–water partition coefficient (Wildman–Crippen LogP) is 2.48. The highest BCUT2D eigenvalue weighted by molar-refractivity contribution is 5.77. The summed E-state index contributed by atoms with van der Waals surface area (Å²) in [6.07, 6.45) is 1.24. The lowest BCUT2D eigenvalue weighted by atomic mass is 10.0. The third-order valence-corrected chi connectivity index (χ3v) is 5.09. The zero-order valence-electron chi connectivity index (χ0n) is 16.6. The van der Waals surface area contributed by atoms with Crippen LogP contribution in [0.2, 0.25) is 0 Å². The Morgan fingerprint density at radius 2 is 1.86 bits per heavy atom. The van der Waals surface area contributed by atoms with E-state index in [0.717, 1.165) is 48.7 Å². The van der Waals surface area contributed by atoms with Crippen molar-refractivity contribution >= 4 is 5.91 Å². The van der Waals surface area contributed by atoms with Gasteiger partial charge < -0.3 is 20.5 Å². The van der Waals surface area contributed by atoms with E-state index < -0.39 is 0 Å². The van der Waals surface area contributed by atoms with Gasteiger partial charge in [0.05, 0.1) is 14.2 Å². The van der Waals surface area contributed by atoms with Crippen LogP contribution in [0.1, 0.15) is 30.0 Å². The van der Waals surface area contributed by atoms with Crippen molar-refractivity contribution in [2.24, 2.45) is 5.73 Å². The van der Waals surface area contributed by atoms with Gasteiger partial charge in [-0.15, -0.1) is 0 Å². The van der Waals surface area contributed by atoms with E-state index in [2.05, 4.69) is 10.2 Å². The number of nitrogens with two attached hydrogens (primary N) is 1. The van der Waals surface area contributed by atoms with Crippen molar-refractivity contribution in [3.8, 4) is 11.5 Å². The SMILES string of the molecule is COc1cc(CN2CCC(NC(=O)CC(N)c3ccccc3)C2)cc(OC)c1. The van der Waals surface area contributed by atoms with Gasteiger partial charge >= 0.3 is 0 Å². The number of benzene rings is 2. The molecule has 1 fully saturated rings. The molecule has 2 unspecified atom stereocenters. The van der Waals surface area contributed by atoms with Crippen LogP contribution in [0, 0.1) is 0 Å². The van der Waals surface area contributed by atoms with E-state index in [1.54, 1.807) is 14.2 Å². The van der Waals surface area contributed by atoms with E-state index in [9.17, 15) is 4.79 Å². The standard InChI is InChI=1S/C22H29N3O3/c1-27-19-10-16(11-20(12-19)28-2)14-25-9-8-18(15-25)24-22(26)13-21(23)17-6-4-3-5-7-17/h3-7,10-12,18,21H,8-9,13-15,23H2,1-2H3,(H,24,26). The Morgan fingerprint density at radius 3 is 2.50 bits per heavy atom. The van der Waals surface area contributed by atoms with Gasteiger partial charge in [0.1, 0.15) is 11.5 Å². The lowest BCUT2D eigenvalue weighted by Crippen LogP contribution is -2.38. The summed E-state index contributed by atoms with van der Waals surface area (Å²) in [6, 6.07) is 15.5. The fraction of sp³-hybridized carbons (Fsp3) is 0.409. The second kappa shape index (κ2) is 9.57. The van der Waals surface area contributed by atoms with Gasteiger partial charge in [0.2, 0.25) is 5.91 Å². The zero-order valence-corrected chi connectivity index (χ0v) is 16.6. The van der Waals surface area contributed by atoms with Gasteiger partial charge in [0.15, 0.2) is 0 Å². The summed E-state index contributed by atoms with van der Waals surface area (Å²) in [5.74, 6) is 1.58. The van der Waals surface area contributed by atoms with Gasteiger partial charge in [-0.05, 0) is 29.7 Å². The van der Waals surface area contributed by atoms with Crippen molar-refractivity contribution in [2.75, 3.05) is 27.3 Å². The topological polar surface area (TPSA) is 76.8 Å². The molecule has 3 N–H and O–H groups in total. The summed E-state index contributed by atoms with van der Waals surface area (Å²) >= 11 is 0. The summed E-state index contributed by atoms with van der Waals surface area (Å²) in [5.41, 5.74) is 8.28. The summed E-state index contributed by atoms with van der Waals surface area (Å²) in [5, 5.41) is 3.13. The fourth-order valence-corrected chi connectivity index (χ4v) is 3.61. The first-order valence-corrected chi connectivity index (χ1v) is 9.61. The number of hydrogen-bond acceptors (Lipinski definition) is 5. The molecule has 28 heavy (non-hydrogen) atoms. The molecule has 1 aliphatic rings. The molecule has 0 spiro atoms. The molecule has 0 aromatic heterocycles. The highest BCUT2D eigenvalue weighted by Crippen LogP contribution is 2.24. The number of methoxy groups -OCH3 is 2. The minimum atomic E-state index is -0.275. The van der Waals surface area contributed by atoms with E-state index in [1.807, 2.05) is 48.5 Å². The highest BCUT2D eigenvalue weighted by atomic mass is 16.5. The van der Waals surface area contributed by atoms with Crippen molar-refractivity contribution < 1.29 is 14.3 Å². The van der Waals surface area contributed by atoms with Crippen LogP contribution in [0.5, 0.6) is 11.5 Å². The number of likely N-dealkylation sites (tertiary alicyclic amines) is 1. The van der Waals surface area contributed by atoms with E-state index in [0.29, 0.717) is 6.42 Å². The van der Waals surface area contributed by atoms with Crippen molar-refractivity contribution in [1.82, 2.24) is 10.2 Å². The second-order valence-corrected chi connectivity index (χ2v) is 7.23. The van der Waals surface area contributed by atoms with Crippen LogP contribution in [0.25, 0.3) is 0 Å². The van der Waals surface area contributed by atoms with Crippen LogP contribution < -0.4 is 20.5 Å². The Hall–Kier alpha value is -2.57. The van der Waals surface area contributed by atoms with Gasteiger partial charge in [-0.25, -0.2) is 0 Å². The van der Waals surface area contributed by atoms with Crippen LogP contribution in [0.4, 0.5) is 0 Å². The van der Waals surface area contributed by atoms with Crippen molar-refractivity contribution in [1.29, 1.82) is 0 Å². The Labute approximate surface area is 166 Å². The van der Waals surface area contributed by atoms with E-state index in [4.69, 9.17) is 15.2 Å². The molecule has 1 heterocycles. The summed E-state index contributed by atoms with van der Waals surface area (Å²) in [7, 11) is 3.31. The van der Waals surface area contributed by atoms with Crippen molar-refractivity contribution in [2.45, 2.75) is 31.5 Å². The average molecular weight is 383 g/mol. The zero-order chi connectivity index (χ0) is 19.9. The number of carbonyl (C=O) groups is 1. The van der Waals surface area contributed by atoms with Crippen LogP contribution in [0.15, 0.2) is 48.5 Å². The Balaban J connectivity index is 1.49. The Bertz CT molecular complexity index is 760. The molecule has 0 aliphatic carbocycles. The fourth-order valence-electron chi connectivity index (χ4n) is 3.61. The van der Waals surface area contributed by atoms with E-state index >= 15 is 0 Å². The normalized spacial score (nSPS) is 17.9. The predicted molar refractivity (Wildman–Crippen MR) is 109 cm³/mol. The maximum atomic E-state index is 12.4. The monoisotopic (exact) mass is 383 g/mol. The number of amides is 1. The quantitative estimate of drug-likeness (QED) is 0.732. The molecule has 1 saturated heterocycles. The Morgan fingerprint density at radius 1 is 1.18 bits per heavy atom. The van der Waals surface area contributed by atoms with Gasteiger partial charge in [-0.3, -0.25) is 9.69 Å². The minimum Gasteiger partial charge on any atom is -0.497 e. The summed E-state index contributed by atoms with van der Waals surface area (Å²) < 4.78 is 10.7. The van der Waals surface area contributed by atoms with Crippen LogP contribution in [-0.4, -0.2) is 44.2 Å². The number of ether oxygens (including phenoxy) is 2. The molecule has 0 saturated carbocycles. The van der Waals surface area contributed by atoms with Crippen LogP contribution in [-0.2, 0) is 11.3 Å². The van der Waals surface area contributed by atoms with Crippen LogP contribution >= 0.6 is 0 Å². The first kappa shape index (κ1) is 20.2. The van der Waals surface area contributed by atoms with Crippen molar-refractivity contribution in [3.63, 3.8) is 0 Å². The molecule has 0 radical (unpaired) electrons. The largest absolute Gasteiger partial charge is 0.497 e. The molecule has 1 aliphatic heterocycles. The number of nitrogens with one attached hydrogen (secondary N) is 1. The number of hydrogen-bond donors (Lipinski definition) is 2. The lowest BCUT2D eigenvalue weighted by Gasteiger charge is -2.18. The molecule has 3 rings (SSSR count). The third kappa shape index (κ3) is 5.47. The molecule has 1 amide bonds. The second-order valence-electron chi connectivity index (χ2n) is 7.23. The smallest absolute Gasteiger partial charge is 0.222 e. The van der Waals surface area contributed by atoms with Crippen molar-refractivity contribution in [3.05, 3.63) is 59.7 Å². The molecule has 6 heteroatoms. The van der Waals surface area contributed by atoms with E-state index in [1.165, 1.54) is 0 Å². The van der Waals surface area contributed by atoms with E-state index in [-0.39, 0.29) is 18.0 Å². The molecule has 150 valence electrons. The number of rotatable bonds is 8. The maximum Gasteiger partial charge on any atom is 0.222 e. The molecule has 2 atom stereocenters. The van der Waals surface area contributed by atoms with Gasteiger partial charge in [-0.2, -0.15) is 0 Å². The minimum absolute atomic E-state index is 0.00579. The van der Waals surface area contributed by atoms with Gasteiger partial charge in [-0.1, -0.05) is 30.3 Å². The summed E-state index contributed by atoms with van der Waals surface area (Å²) in [4.78, 5) is 14.7. The summed E-state index contributed by atoms with van der Waals surface area (Å²) in [6.45, 7) is 2.56. The first-order valence-electron chi connectivity index (χ1n) is 9.61. The number of carbonyl (C=O) groups excluding carboxylic acids is 1. The van der Waals surface area contributed by atoms with Crippen LogP contribution in [0.3, 0.4) is 0 Å². The van der Waals surface area contributed by atoms with Gasteiger partial charge in [0, 0.05) is 44.2 Å². The number of nitrogens with zero attached hydrogens (tertiary/aromatic N) is 1. The maximum absolute atomic E-state index is 12.4. The molecule has 6 nitrogen and oxygen atoms in total. The molecule has 0 bridgehead atoms. The average Bonchev–Trinajstić information content (AvgIpc) is 3.14. The Kier molecular flexibility index (Phi) is 6.90. The van der Waals surface area contributed by atoms with Gasteiger partial charge in [0.25, 0.3) is 0 Å². The molecular formula is C22H29N3O3. The molecule has 2 aromatic rings. The first-order chi connectivity index (χ1) is 13.6. The molecular weight excluding hydrogens is 354 g/mol. The third-order valence-electron chi connectivity index (χ3n) is 5.09. The lowest BCUT2D eigenvalue weighted by molar-refractivity contribution is -0.122.